The quantitative estimate of drug-likeness (QED) is 0.686. The topological polar surface area (TPSA) is 27.1 Å². The number of imidazole rings is 1. The zero-order valence-electron chi connectivity index (χ0n) is 8.16. The second-order valence-corrected chi connectivity index (χ2v) is 3.23. The van der Waals surface area contributed by atoms with Crippen molar-refractivity contribution in [1.82, 2.24) is 9.55 Å². The molecule has 0 N–H and O–H groups in total. The third-order valence-corrected chi connectivity index (χ3v) is 1.86. The van der Waals surface area contributed by atoms with E-state index in [0.717, 1.165) is 11.5 Å². The lowest BCUT2D eigenvalue weighted by Gasteiger charge is -2.07. The monoisotopic (exact) mass is 168 g/mol. The second kappa shape index (κ2) is 3.72. The molecular formula is C9H16N2O. The Bertz CT molecular complexity index is 253. The fourth-order valence-electron chi connectivity index (χ4n) is 0.920. The highest BCUT2D eigenvalue weighted by Crippen LogP contribution is 2.03. The van der Waals surface area contributed by atoms with Crippen LogP contribution in [0.3, 0.4) is 0 Å². The summed E-state index contributed by atoms with van der Waals surface area (Å²) in [6.07, 6.45) is 2.13. The van der Waals surface area contributed by atoms with Gasteiger partial charge in [-0.2, -0.15) is 0 Å². The van der Waals surface area contributed by atoms with Crippen molar-refractivity contribution in [2.45, 2.75) is 33.5 Å². The molecule has 0 unspecified atom stereocenters. The highest BCUT2D eigenvalue weighted by molar-refractivity contribution is 5.01. The average Bonchev–Trinajstić information content (AvgIpc) is 2.30. The molecule has 0 aromatic carbocycles. The third-order valence-electron chi connectivity index (χ3n) is 1.86. The molecule has 1 aromatic rings. The molecule has 3 nitrogen and oxygen atoms in total. The highest BCUT2D eigenvalue weighted by Gasteiger charge is 2.03. The molecule has 0 fully saturated rings. The van der Waals surface area contributed by atoms with Crippen molar-refractivity contribution in [3.05, 3.63) is 17.7 Å². The summed E-state index contributed by atoms with van der Waals surface area (Å²) in [5.74, 6) is 0.987. The first-order valence-electron chi connectivity index (χ1n) is 4.20. The third kappa shape index (κ3) is 2.08. The van der Waals surface area contributed by atoms with Crippen LogP contribution in [-0.4, -0.2) is 15.7 Å². The minimum Gasteiger partial charge on any atom is -0.371 e. The van der Waals surface area contributed by atoms with Gasteiger partial charge in [0.25, 0.3) is 0 Å². The van der Waals surface area contributed by atoms with Gasteiger partial charge in [0.05, 0.1) is 6.10 Å². The molecular weight excluding hydrogens is 152 g/mol. The maximum atomic E-state index is 5.44. The molecule has 0 radical (unpaired) electrons. The predicted octanol–water partition coefficient (Wildman–Crippen LogP) is 1.65. The van der Waals surface area contributed by atoms with Crippen LogP contribution in [0.15, 0.2) is 6.20 Å². The Hall–Kier alpha value is -0.830. The number of nitrogens with zero attached hydrogens (tertiary/aromatic N) is 2. The SMILES string of the molecule is Cc1cnc(COC(C)C)n1C. The van der Waals surface area contributed by atoms with E-state index in [1.54, 1.807) is 0 Å². The Kier molecular flexibility index (Phi) is 2.87. The first-order chi connectivity index (χ1) is 5.61. The number of ether oxygens (including phenoxy) is 1. The fraction of sp³-hybridized carbons (Fsp3) is 0.667. The molecule has 12 heavy (non-hydrogen) atoms. The first kappa shape index (κ1) is 9.26. The van der Waals surface area contributed by atoms with E-state index in [-0.39, 0.29) is 6.10 Å². The second-order valence-electron chi connectivity index (χ2n) is 3.23. The van der Waals surface area contributed by atoms with Gasteiger partial charge in [-0.15, -0.1) is 0 Å². The summed E-state index contributed by atoms with van der Waals surface area (Å²) in [6.45, 7) is 6.68. The summed E-state index contributed by atoms with van der Waals surface area (Å²) < 4.78 is 7.48. The van der Waals surface area contributed by atoms with Crippen LogP contribution in [0.1, 0.15) is 25.4 Å². The van der Waals surface area contributed by atoms with Crippen molar-refractivity contribution in [3.8, 4) is 0 Å². The van der Waals surface area contributed by atoms with Gasteiger partial charge < -0.3 is 9.30 Å². The van der Waals surface area contributed by atoms with E-state index in [4.69, 9.17) is 4.74 Å². The van der Waals surface area contributed by atoms with Gasteiger partial charge >= 0.3 is 0 Å². The van der Waals surface area contributed by atoms with Gasteiger partial charge in [-0.3, -0.25) is 0 Å². The van der Waals surface area contributed by atoms with Crippen molar-refractivity contribution in [2.75, 3.05) is 0 Å². The largest absolute Gasteiger partial charge is 0.371 e. The van der Waals surface area contributed by atoms with E-state index in [1.807, 2.05) is 38.6 Å². The van der Waals surface area contributed by atoms with Gasteiger partial charge in [0.15, 0.2) is 0 Å². The zero-order chi connectivity index (χ0) is 9.14. The van der Waals surface area contributed by atoms with E-state index in [2.05, 4.69) is 4.98 Å². The molecule has 0 saturated heterocycles. The summed E-state index contributed by atoms with van der Waals surface area (Å²) in [6, 6.07) is 0. The number of rotatable bonds is 3. The van der Waals surface area contributed by atoms with Crippen LogP contribution >= 0.6 is 0 Å². The van der Waals surface area contributed by atoms with Gasteiger partial charge in [-0.25, -0.2) is 4.98 Å². The molecule has 68 valence electrons. The Morgan fingerprint density at radius 2 is 2.25 bits per heavy atom. The van der Waals surface area contributed by atoms with Crippen molar-refractivity contribution in [3.63, 3.8) is 0 Å². The van der Waals surface area contributed by atoms with Gasteiger partial charge in [0.1, 0.15) is 12.4 Å². The lowest BCUT2D eigenvalue weighted by Crippen LogP contribution is -2.07. The Balaban J connectivity index is 2.58. The molecule has 0 aliphatic rings. The Labute approximate surface area is 73.4 Å². The zero-order valence-corrected chi connectivity index (χ0v) is 8.16. The van der Waals surface area contributed by atoms with Crippen LogP contribution in [-0.2, 0) is 18.4 Å². The number of aryl methyl sites for hydroxylation is 1. The normalized spacial score (nSPS) is 11.1. The number of hydrogen-bond acceptors (Lipinski definition) is 2. The minimum atomic E-state index is 0.266. The molecule has 3 heteroatoms. The van der Waals surface area contributed by atoms with Gasteiger partial charge in [-0.1, -0.05) is 0 Å². The van der Waals surface area contributed by atoms with Crippen LogP contribution in [0.2, 0.25) is 0 Å². The van der Waals surface area contributed by atoms with E-state index in [1.165, 1.54) is 0 Å². The molecule has 1 heterocycles. The summed E-state index contributed by atoms with van der Waals surface area (Å²) in [5.41, 5.74) is 1.16. The van der Waals surface area contributed by atoms with E-state index < -0.39 is 0 Å². The molecule has 0 spiro atoms. The van der Waals surface area contributed by atoms with Gasteiger partial charge in [0.2, 0.25) is 0 Å². The van der Waals surface area contributed by atoms with E-state index >= 15 is 0 Å². The Morgan fingerprint density at radius 3 is 2.67 bits per heavy atom. The number of hydrogen-bond donors (Lipinski definition) is 0. The van der Waals surface area contributed by atoms with E-state index in [0.29, 0.717) is 6.61 Å². The van der Waals surface area contributed by atoms with Crippen molar-refractivity contribution >= 4 is 0 Å². The molecule has 0 aliphatic carbocycles. The summed E-state index contributed by atoms with van der Waals surface area (Å²) in [4.78, 5) is 4.23. The molecule has 1 rings (SSSR count). The Morgan fingerprint density at radius 1 is 1.58 bits per heavy atom. The maximum Gasteiger partial charge on any atom is 0.134 e. The smallest absolute Gasteiger partial charge is 0.134 e. The van der Waals surface area contributed by atoms with Gasteiger partial charge in [-0.05, 0) is 20.8 Å². The first-order valence-corrected chi connectivity index (χ1v) is 4.20. The standard InChI is InChI=1S/C9H16N2O/c1-7(2)12-6-9-10-5-8(3)11(9)4/h5,7H,6H2,1-4H3. The van der Waals surface area contributed by atoms with Crippen LogP contribution < -0.4 is 0 Å². The van der Waals surface area contributed by atoms with Crippen molar-refractivity contribution < 1.29 is 4.74 Å². The lowest BCUT2D eigenvalue weighted by molar-refractivity contribution is 0.0599. The molecule has 1 aromatic heterocycles. The van der Waals surface area contributed by atoms with Crippen LogP contribution in [0.5, 0.6) is 0 Å². The molecule has 0 atom stereocenters. The summed E-state index contributed by atoms with van der Waals surface area (Å²) in [5, 5.41) is 0. The molecule has 0 bridgehead atoms. The fourth-order valence-corrected chi connectivity index (χ4v) is 0.920. The molecule has 0 saturated carbocycles. The number of aromatic nitrogens is 2. The maximum absolute atomic E-state index is 5.44. The highest BCUT2D eigenvalue weighted by atomic mass is 16.5. The minimum absolute atomic E-state index is 0.266. The average molecular weight is 168 g/mol. The summed E-state index contributed by atoms with van der Waals surface area (Å²) >= 11 is 0. The van der Waals surface area contributed by atoms with Crippen molar-refractivity contribution in [1.29, 1.82) is 0 Å². The van der Waals surface area contributed by atoms with E-state index in [9.17, 15) is 0 Å². The summed E-state index contributed by atoms with van der Waals surface area (Å²) in [7, 11) is 2.00. The van der Waals surface area contributed by atoms with Crippen LogP contribution in [0.4, 0.5) is 0 Å². The molecule has 0 aliphatic heterocycles. The molecule has 0 amide bonds. The van der Waals surface area contributed by atoms with Crippen LogP contribution in [0, 0.1) is 6.92 Å². The lowest BCUT2D eigenvalue weighted by atomic mass is 10.5. The van der Waals surface area contributed by atoms with Crippen LogP contribution in [0.25, 0.3) is 0 Å². The van der Waals surface area contributed by atoms with Crippen molar-refractivity contribution in [2.24, 2.45) is 7.05 Å². The predicted molar refractivity (Wildman–Crippen MR) is 47.9 cm³/mol. The van der Waals surface area contributed by atoms with Gasteiger partial charge in [0, 0.05) is 18.9 Å².